The molecule has 70 valence electrons. The van der Waals surface area contributed by atoms with Gasteiger partial charge in [0.15, 0.2) is 0 Å². The maximum Gasteiger partial charge on any atom is 0.280 e. The molecule has 4 nitrogen and oxygen atoms in total. The van der Waals surface area contributed by atoms with Gasteiger partial charge in [0.2, 0.25) is 5.91 Å². The van der Waals surface area contributed by atoms with Gasteiger partial charge in [-0.1, -0.05) is 0 Å². The SMILES string of the molecule is CC(=O)NNC(=O)c1sccc1Br. The Labute approximate surface area is 87.4 Å². The van der Waals surface area contributed by atoms with Crippen LogP contribution in [-0.4, -0.2) is 11.8 Å². The number of carbonyl (C=O) groups is 2. The molecule has 0 saturated carbocycles. The van der Waals surface area contributed by atoms with Gasteiger partial charge < -0.3 is 0 Å². The van der Waals surface area contributed by atoms with Gasteiger partial charge >= 0.3 is 0 Å². The van der Waals surface area contributed by atoms with Crippen molar-refractivity contribution >= 4 is 39.1 Å². The quantitative estimate of drug-likeness (QED) is 0.750. The molecule has 0 saturated heterocycles. The van der Waals surface area contributed by atoms with E-state index >= 15 is 0 Å². The number of nitrogens with one attached hydrogen (secondary N) is 2. The lowest BCUT2D eigenvalue weighted by atomic mass is 10.4. The van der Waals surface area contributed by atoms with E-state index in [1.807, 2.05) is 0 Å². The van der Waals surface area contributed by atoms with Crippen LogP contribution in [-0.2, 0) is 4.79 Å². The molecule has 13 heavy (non-hydrogen) atoms. The molecule has 0 spiro atoms. The van der Waals surface area contributed by atoms with Gasteiger partial charge in [0.25, 0.3) is 5.91 Å². The highest BCUT2D eigenvalue weighted by Gasteiger charge is 2.10. The van der Waals surface area contributed by atoms with Crippen LogP contribution in [0.2, 0.25) is 0 Å². The van der Waals surface area contributed by atoms with Gasteiger partial charge in [0.05, 0.1) is 0 Å². The van der Waals surface area contributed by atoms with Crippen molar-refractivity contribution in [1.82, 2.24) is 10.9 Å². The highest BCUT2D eigenvalue weighted by molar-refractivity contribution is 9.10. The van der Waals surface area contributed by atoms with Crippen molar-refractivity contribution in [3.63, 3.8) is 0 Å². The molecular formula is C7H7BrN2O2S. The van der Waals surface area contributed by atoms with Gasteiger partial charge in [-0.25, -0.2) is 0 Å². The lowest BCUT2D eigenvalue weighted by molar-refractivity contribution is -0.119. The predicted octanol–water partition coefficient (Wildman–Crippen LogP) is 1.29. The number of carbonyl (C=O) groups excluding carboxylic acids is 2. The second-order valence-corrected chi connectivity index (χ2v) is 4.00. The molecular weight excluding hydrogens is 256 g/mol. The summed E-state index contributed by atoms with van der Waals surface area (Å²) in [6.45, 7) is 1.32. The Morgan fingerprint density at radius 1 is 1.46 bits per heavy atom. The first-order valence-corrected chi connectivity index (χ1v) is 5.08. The Morgan fingerprint density at radius 2 is 2.15 bits per heavy atom. The van der Waals surface area contributed by atoms with Crippen molar-refractivity contribution in [3.8, 4) is 0 Å². The zero-order chi connectivity index (χ0) is 9.84. The number of rotatable bonds is 1. The Balaban J connectivity index is 2.59. The van der Waals surface area contributed by atoms with E-state index in [0.717, 1.165) is 4.47 Å². The summed E-state index contributed by atoms with van der Waals surface area (Å²) in [5.74, 6) is -0.627. The van der Waals surface area contributed by atoms with Crippen LogP contribution in [0.15, 0.2) is 15.9 Å². The van der Waals surface area contributed by atoms with E-state index < -0.39 is 0 Å². The lowest BCUT2D eigenvalue weighted by Gasteiger charge is -2.02. The van der Waals surface area contributed by atoms with Crippen molar-refractivity contribution in [2.24, 2.45) is 0 Å². The van der Waals surface area contributed by atoms with Crippen LogP contribution in [0.25, 0.3) is 0 Å². The third kappa shape index (κ3) is 2.82. The van der Waals surface area contributed by atoms with Crippen LogP contribution in [0, 0.1) is 0 Å². The summed E-state index contributed by atoms with van der Waals surface area (Å²) < 4.78 is 0.723. The second-order valence-electron chi connectivity index (χ2n) is 2.23. The maximum atomic E-state index is 11.3. The van der Waals surface area contributed by atoms with Crippen molar-refractivity contribution in [1.29, 1.82) is 0 Å². The zero-order valence-electron chi connectivity index (χ0n) is 6.76. The first kappa shape index (κ1) is 10.2. The fraction of sp³-hybridized carbons (Fsp3) is 0.143. The lowest BCUT2D eigenvalue weighted by Crippen LogP contribution is -2.40. The smallest absolute Gasteiger partial charge is 0.274 e. The van der Waals surface area contributed by atoms with Crippen molar-refractivity contribution < 1.29 is 9.59 Å². The van der Waals surface area contributed by atoms with Crippen LogP contribution in [0.1, 0.15) is 16.6 Å². The predicted molar refractivity (Wildman–Crippen MR) is 53.3 cm³/mol. The number of halogens is 1. The molecule has 1 aromatic heterocycles. The summed E-state index contributed by atoms with van der Waals surface area (Å²) in [7, 11) is 0. The summed E-state index contributed by atoms with van der Waals surface area (Å²) in [4.78, 5) is 22.3. The van der Waals surface area contributed by atoms with Gasteiger partial charge in [0, 0.05) is 11.4 Å². The van der Waals surface area contributed by atoms with Gasteiger partial charge in [-0.05, 0) is 27.4 Å². The topological polar surface area (TPSA) is 58.2 Å². The van der Waals surface area contributed by atoms with E-state index in [1.54, 1.807) is 11.4 Å². The minimum absolute atomic E-state index is 0.305. The number of amides is 2. The van der Waals surface area contributed by atoms with Gasteiger partial charge in [0.1, 0.15) is 4.88 Å². The monoisotopic (exact) mass is 262 g/mol. The summed E-state index contributed by atoms with van der Waals surface area (Å²) in [5.41, 5.74) is 4.48. The molecule has 1 rings (SSSR count). The van der Waals surface area contributed by atoms with E-state index in [2.05, 4.69) is 26.8 Å². The molecule has 0 bridgehead atoms. The summed E-state index contributed by atoms with van der Waals surface area (Å²) >= 11 is 4.51. The fourth-order valence-corrected chi connectivity index (χ4v) is 2.10. The molecule has 1 heterocycles. The third-order valence-corrected chi connectivity index (χ3v) is 3.01. The first-order chi connectivity index (χ1) is 6.11. The molecule has 0 aliphatic carbocycles. The molecule has 0 aliphatic rings. The van der Waals surface area contributed by atoms with E-state index in [0.29, 0.717) is 4.88 Å². The summed E-state index contributed by atoms with van der Waals surface area (Å²) in [6, 6.07) is 1.77. The third-order valence-electron chi connectivity index (χ3n) is 1.18. The van der Waals surface area contributed by atoms with Crippen molar-refractivity contribution in [2.45, 2.75) is 6.92 Å². The molecule has 0 radical (unpaired) electrons. The Hall–Kier alpha value is -0.880. The van der Waals surface area contributed by atoms with Crippen LogP contribution >= 0.6 is 27.3 Å². The maximum absolute atomic E-state index is 11.3. The fourth-order valence-electron chi connectivity index (χ4n) is 0.657. The average Bonchev–Trinajstić information content (AvgIpc) is 2.47. The molecule has 2 N–H and O–H groups in total. The number of hydrogen-bond acceptors (Lipinski definition) is 3. The minimum Gasteiger partial charge on any atom is -0.274 e. The molecule has 0 fully saturated rings. The molecule has 1 aromatic rings. The minimum atomic E-state index is -0.322. The molecule has 0 aromatic carbocycles. The Kier molecular flexibility index (Phi) is 3.44. The Morgan fingerprint density at radius 3 is 2.62 bits per heavy atom. The normalized spacial score (nSPS) is 9.38. The van der Waals surface area contributed by atoms with E-state index in [9.17, 15) is 9.59 Å². The van der Waals surface area contributed by atoms with Crippen molar-refractivity contribution in [3.05, 3.63) is 20.8 Å². The molecule has 0 aliphatic heterocycles. The van der Waals surface area contributed by atoms with Crippen molar-refractivity contribution in [2.75, 3.05) is 0 Å². The van der Waals surface area contributed by atoms with Crippen LogP contribution in [0.3, 0.4) is 0 Å². The zero-order valence-corrected chi connectivity index (χ0v) is 9.16. The highest BCUT2D eigenvalue weighted by atomic mass is 79.9. The largest absolute Gasteiger partial charge is 0.280 e. The number of thiophene rings is 1. The van der Waals surface area contributed by atoms with E-state index in [4.69, 9.17) is 0 Å². The van der Waals surface area contributed by atoms with Gasteiger partial charge in [-0.15, -0.1) is 11.3 Å². The number of hydrogen-bond donors (Lipinski definition) is 2. The highest BCUT2D eigenvalue weighted by Crippen LogP contribution is 2.21. The second kappa shape index (κ2) is 4.38. The average molecular weight is 263 g/mol. The van der Waals surface area contributed by atoms with Crippen LogP contribution < -0.4 is 10.9 Å². The summed E-state index contributed by atoms with van der Waals surface area (Å²) in [6.07, 6.45) is 0. The standard InChI is InChI=1S/C7H7BrN2O2S/c1-4(11)9-10-7(12)6-5(8)2-3-13-6/h2-3H,1H3,(H,9,11)(H,10,12). The van der Waals surface area contributed by atoms with E-state index in [1.165, 1.54) is 18.3 Å². The first-order valence-electron chi connectivity index (χ1n) is 3.41. The molecule has 6 heteroatoms. The molecule has 0 unspecified atom stereocenters. The van der Waals surface area contributed by atoms with Crippen LogP contribution in [0.4, 0.5) is 0 Å². The van der Waals surface area contributed by atoms with Crippen LogP contribution in [0.5, 0.6) is 0 Å². The van der Waals surface area contributed by atoms with Gasteiger partial charge in [-0.3, -0.25) is 20.4 Å². The molecule has 0 atom stereocenters. The van der Waals surface area contributed by atoms with Gasteiger partial charge in [-0.2, -0.15) is 0 Å². The Bertz CT molecular complexity index is 337. The number of hydrazine groups is 1. The molecule has 2 amide bonds. The van der Waals surface area contributed by atoms with E-state index in [-0.39, 0.29) is 11.8 Å². The summed E-state index contributed by atoms with van der Waals surface area (Å²) in [5, 5.41) is 1.78.